The molecule has 1 aliphatic rings. The molecular weight excluding hydrogens is 264 g/mol. The number of carbonyl (C=O) groups excluding carboxylic acids is 1. The Morgan fingerprint density at radius 3 is 2.68 bits per heavy atom. The highest BCUT2D eigenvalue weighted by Gasteiger charge is 2.27. The fraction of sp³-hybridized carbons (Fsp3) is 0.133. The maximum atomic E-state index is 12.0. The highest BCUT2D eigenvalue weighted by atomic mass is 35.5. The van der Waals surface area contributed by atoms with Crippen molar-refractivity contribution < 1.29 is 14.3 Å². The molecule has 0 aromatic heterocycles. The van der Waals surface area contributed by atoms with Crippen molar-refractivity contribution in [3.05, 3.63) is 64.7 Å². The van der Waals surface area contributed by atoms with Crippen molar-refractivity contribution in [1.82, 2.24) is 0 Å². The fourth-order valence-corrected chi connectivity index (χ4v) is 2.14. The molecule has 3 nitrogen and oxygen atoms in total. The van der Waals surface area contributed by atoms with Crippen molar-refractivity contribution in [2.75, 3.05) is 6.61 Å². The maximum Gasteiger partial charge on any atom is 0.338 e. The number of benzene rings is 2. The summed E-state index contributed by atoms with van der Waals surface area (Å²) >= 11 is 5.78. The van der Waals surface area contributed by atoms with Crippen molar-refractivity contribution in [2.45, 2.75) is 6.10 Å². The van der Waals surface area contributed by atoms with E-state index in [0.717, 1.165) is 11.3 Å². The molecule has 0 fully saturated rings. The lowest BCUT2D eigenvalue weighted by Gasteiger charge is -2.11. The number of rotatable bonds is 2. The first kappa shape index (κ1) is 12.1. The topological polar surface area (TPSA) is 35.5 Å². The van der Waals surface area contributed by atoms with Crippen LogP contribution in [0.2, 0.25) is 5.02 Å². The Labute approximate surface area is 115 Å². The van der Waals surface area contributed by atoms with Gasteiger partial charge in [0.2, 0.25) is 0 Å². The number of carbonyl (C=O) groups is 1. The molecule has 0 bridgehead atoms. The van der Waals surface area contributed by atoms with Gasteiger partial charge < -0.3 is 9.47 Å². The molecule has 2 aromatic carbocycles. The molecule has 0 saturated heterocycles. The van der Waals surface area contributed by atoms with Gasteiger partial charge in [-0.05, 0) is 30.3 Å². The molecule has 1 heterocycles. The van der Waals surface area contributed by atoms with E-state index in [2.05, 4.69) is 0 Å². The van der Waals surface area contributed by atoms with Crippen LogP contribution in [-0.2, 0) is 4.74 Å². The minimum Gasteiger partial charge on any atom is -0.489 e. The first-order valence-electron chi connectivity index (χ1n) is 5.92. The minimum absolute atomic E-state index is 0.348. The van der Waals surface area contributed by atoms with Crippen molar-refractivity contribution in [2.24, 2.45) is 0 Å². The van der Waals surface area contributed by atoms with Gasteiger partial charge in [-0.2, -0.15) is 0 Å². The molecule has 1 aliphatic heterocycles. The van der Waals surface area contributed by atoms with Crippen LogP contribution in [0.15, 0.2) is 48.5 Å². The van der Waals surface area contributed by atoms with Gasteiger partial charge in [0.15, 0.2) is 6.10 Å². The largest absolute Gasteiger partial charge is 0.489 e. The van der Waals surface area contributed by atoms with Gasteiger partial charge in [-0.15, -0.1) is 0 Å². The molecule has 4 heteroatoms. The van der Waals surface area contributed by atoms with E-state index in [1.54, 1.807) is 24.3 Å². The highest BCUT2D eigenvalue weighted by molar-refractivity contribution is 6.30. The molecule has 1 atom stereocenters. The molecule has 19 heavy (non-hydrogen) atoms. The molecule has 3 rings (SSSR count). The van der Waals surface area contributed by atoms with Gasteiger partial charge >= 0.3 is 5.97 Å². The zero-order valence-electron chi connectivity index (χ0n) is 10.0. The van der Waals surface area contributed by atoms with E-state index in [1.165, 1.54) is 0 Å². The third-order valence-electron chi connectivity index (χ3n) is 2.99. The quantitative estimate of drug-likeness (QED) is 0.785. The molecule has 96 valence electrons. The second-order valence-corrected chi connectivity index (χ2v) is 4.69. The van der Waals surface area contributed by atoms with Gasteiger partial charge in [-0.3, -0.25) is 0 Å². The fourth-order valence-electron chi connectivity index (χ4n) is 2.01. The van der Waals surface area contributed by atoms with Crippen LogP contribution in [0.4, 0.5) is 0 Å². The van der Waals surface area contributed by atoms with Crippen molar-refractivity contribution in [3.8, 4) is 5.75 Å². The SMILES string of the molecule is O=C(OC1COc2ccccc21)c1ccc(Cl)cc1. The molecule has 0 amide bonds. The summed E-state index contributed by atoms with van der Waals surface area (Å²) in [6.45, 7) is 0.360. The summed E-state index contributed by atoms with van der Waals surface area (Å²) in [5.74, 6) is 0.401. The summed E-state index contributed by atoms with van der Waals surface area (Å²) in [6, 6.07) is 14.2. The predicted octanol–water partition coefficient (Wildman–Crippen LogP) is 3.63. The standard InChI is InChI=1S/C15H11ClO3/c16-11-7-5-10(6-8-11)15(17)19-14-9-18-13-4-2-1-3-12(13)14/h1-8,14H,9H2. The smallest absolute Gasteiger partial charge is 0.338 e. The van der Waals surface area contributed by atoms with E-state index in [1.807, 2.05) is 24.3 Å². The van der Waals surface area contributed by atoms with Crippen LogP contribution in [0.1, 0.15) is 22.0 Å². The average molecular weight is 275 g/mol. The Morgan fingerprint density at radius 1 is 1.16 bits per heavy atom. The molecule has 0 radical (unpaired) electrons. The van der Waals surface area contributed by atoms with Gasteiger partial charge in [0, 0.05) is 10.6 Å². The average Bonchev–Trinajstić information content (AvgIpc) is 2.83. The molecule has 0 aliphatic carbocycles. The number of fused-ring (bicyclic) bond motifs is 1. The zero-order chi connectivity index (χ0) is 13.2. The van der Waals surface area contributed by atoms with Gasteiger partial charge in [-0.25, -0.2) is 4.79 Å². The Morgan fingerprint density at radius 2 is 1.89 bits per heavy atom. The maximum absolute atomic E-state index is 12.0. The summed E-state index contributed by atoms with van der Waals surface area (Å²) in [5.41, 5.74) is 1.39. The number of esters is 1. The van der Waals surface area contributed by atoms with Crippen LogP contribution in [0.3, 0.4) is 0 Å². The van der Waals surface area contributed by atoms with Gasteiger partial charge in [-0.1, -0.05) is 29.8 Å². The summed E-state index contributed by atoms with van der Waals surface area (Å²) in [4.78, 5) is 12.0. The first-order valence-corrected chi connectivity index (χ1v) is 6.30. The molecule has 1 unspecified atom stereocenters. The second kappa shape index (κ2) is 4.94. The van der Waals surface area contributed by atoms with Crippen molar-refractivity contribution in [1.29, 1.82) is 0 Å². The summed E-state index contributed by atoms with van der Waals surface area (Å²) < 4.78 is 10.9. The van der Waals surface area contributed by atoms with E-state index in [0.29, 0.717) is 17.2 Å². The van der Waals surface area contributed by atoms with E-state index in [-0.39, 0.29) is 12.1 Å². The van der Waals surface area contributed by atoms with Crippen LogP contribution in [0.5, 0.6) is 5.75 Å². The van der Waals surface area contributed by atoms with Gasteiger partial charge in [0.25, 0.3) is 0 Å². The van der Waals surface area contributed by atoms with Crippen molar-refractivity contribution in [3.63, 3.8) is 0 Å². The van der Waals surface area contributed by atoms with Gasteiger partial charge in [0.1, 0.15) is 12.4 Å². The van der Waals surface area contributed by atoms with Crippen LogP contribution in [-0.4, -0.2) is 12.6 Å². The lowest BCUT2D eigenvalue weighted by Crippen LogP contribution is -2.12. The Bertz CT molecular complexity index is 607. The Kier molecular flexibility index (Phi) is 3.13. The van der Waals surface area contributed by atoms with Crippen LogP contribution in [0, 0.1) is 0 Å². The van der Waals surface area contributed by atoms with Gasteiger partial charge in [0.05, 0.1) is 5.56 Å². The molecular formula is C15H11ClO3. The van der Waals surface area contributed by atoms with E-state index in [9.17, 15) is 4.79 Å². The van der Waals surface area contributed by atoms with E-state index < -0.39 is 0 Å². The molecule has 0 N–H and O–H groups in total. The first-order chi connectivity index (χ1) is 9.24. The van der Waals surface area contributed by atoms with Crippen LogP contribution >= 0.6 is 11.6 Å². The van der Waals surface area contributed by atoms with E-state index in [4.69, 9.17) is 21.1 Å². The Hall–Kier alpha value is -2.00. The van der Waals surface area contributed by atoms with E-state index >= 15 is 0 Å². The molecule has 2 aromatic rings. The second-order valence-electron chi connectivity index (χ2n) is 4.25. The minimum atomic E-state index is -0.373. The van der Waals surface area contributed by atoms with Crippen molar-refractivity contribution >= 4 is 17.6 Å². The molecule has 0 saturated carbocycles. The number of halogens is 1. The van der Waals surface area contributed by atoms with Crippen LogP contribution < -0.4 is 4.74 Å². The number of ether oxygens (including phenoxy) is 2. The number of para-hydroxylation sites is 1. The summed E-state index contributed by atoms with van der Waals surface area (Å²) in [6.07, 6.45) is -0.348. The number of hydrogen-bond donors (Lipinski definition) is 0. The normalized spacial score (nSPS) is 16.6. The summed E-state index contributed by atoms with van der Waals surface area (Å²) in [5, 5.41) is 0.589. The monoisotopic (exact) mass is 274 g/mol. The Balaban J connectivity index is 1.76. The third-order valence-corrected chi connectivity index (χ3v) is 3.24. The third kappa shape index (κ3) is 2.42. The predicted molar refractivity (Wildman–Crippen MR) is 71.5 cm³/mol. The number of hydrogen-bond acceptors (Lipinski definition) is 3. The lowest BCUT2D eigenvalue weighted by atomic mass is 10.1. The molecule has 0 spiro atoms. The summed E-state index contributed by atoms with van der Waals surface area (Å²) in [7, 11) is 0. The lowest BCUT2D eigenvalue weighted by molar-refractivity contribution is 0.0248. The zero-order valence-corrected chi connectivity index (χ0v) is 10.8. The highest BCUT2D eigenvalue weighted by Crippen LogP contribution is 2.34. The van der Waals surface area contributed by atoms with Crippen LogP contribution in [0.25, 0.3) is 0 Å².